The Morgan fingerprint density at radius 2 is 1.90 bits per heavy atom. The molecule has 1 unspecified atom stereocenters. The molecule has 112 valence electrons. The summed E-state index contributed by atoms with van der Waals surface area (Å²) in [4.78, 5) is 13.1. The van der Waals surface area contributed by atoms with Gasteiger partial charge in [0.15, 0.2) is 0 Å². The smallest absolute Gasteiger partial charge is 0.344 e. The summed E-state index contributed by atoms with van der Waals surface area (Å²) in [5.74, 6) is 0.399. The van der Waals surface area contributed by atoms with Crippen LogP contribution in [-0.2, 0) is 10.5 Å². The lowest BCUT2D eigenvalue weighted by Gasteiger charge is -2.21. The third-order valence-corrected chi connectivity index (χ3v) is 4.00. The first kappa shape index (κ1) is 16.9. The molecule has 0 aliphatic rings. The van der Waals surface area contributed by atoms with Crippen molar-refractivity contribution in [2.45, 2.75) is 30.5 Å². The summed E-state index contributed by atoms with van der Waals surface area (Å²) in [7, 11) is 1.41. The SMILES string of the molecule is CC(SCc1ccccc1)C(=O)N(C)CCC(F)(F)F. The Morgan fingerprint density at radius 1 is 1.30 bits per heavy atom. The van der Waals surface area contributed by atoms with Crippen LogP contribution in [0.2, 0.25) is 0 Å². The van der Waals surface area contributed by atoms with E-state index in [-0.39, 0.29) is 17.7 Å². The first-order valence-electron chi connectivity index (χ1n) is 6.27. The van der Waals surface area contributed by atoms with Crippen molar-refractivity contribution >= 4 is 17.7 Å². The number of carbonyl (C=O) groups excluding carboxylic acids is 1. The van der Waals surface area contributed by atoms with Gasteiger partial charge in [-0.25, -0.2) is 0 Å². The Balaban J connectivity index is 2.38. The molecular formula is C14H18F3NOS. The van der Waals surface area contributed by atoms with E-state index >= 15 is 0 Å². The number of thioether (sulfide) groups is 1. The minimum absolute atomic E-state index is 0.268. The number of rotatable bonds is 6. The van der Waals surface area contributed by atoms with Crippen molar-refractivity contribution in [3.63, 3.8) is 0 Å². The summed E-state index contributed by atoms with van der Waals surface area (Å²) in [6, 6.07) is 9.65. The van der Waals surface area contributed by atoms with Crippen molar-refractivity contribution in [3.05, 3.63) is 35.9 Å². The standard InChI is InChI=1S/C14H18F3NOS/c1-11(20-10-12-6-4-3-5-7-12)13(19)18(2)9-8-14(15,16)17/h3-7,11H,8-10H2,1-2H3. The molecule has 1 rings (SSSR count). The molecule has 0 N–H and O–H groups in total. The number of benzene rings is 1. The number of carbonyl (C=O) groups is 1. The quantitative estimate of drug-likeness (QED) is 0.798. The summed E-state index contributed by atoms with van der Waals surface area (Å²) >= 11 is 1.43. The number of nitrogens with zero attached hydrogens (tertiary/aromatic N) is 1. The van der Waals surface area contributed by atoms with Gasteiger partial charge in [-0.15, -0.1) is 11.8 Å². The van der Waals surface area contributed by atoms with Crippen LogP contribution < -0.4 is 0 Å². The molecule has 1 atom stereocenters. The molecular weight excluding hydrogens is 287 g/mol. The van der Waals surface area contributed by atoms with Crippen LogP contribution in [0.1, 0.15) is 18.9 Å². The van der Waals surface area contributed by atoms with E-state index in [0.717, 1.165) is 10.5 Å². The highest BCUT2D eigenvalue weighted by Crippen LogP contribution is 2.22. The first-order chi connectivity index (χ1) is 9.29. The van der Waals surface area contributed by atoms with Gasteiger partial charge in [0.25, 0.3) is 0 Å². The number of hydrogen-bond donors (Lipinski definition) is 0. The molecule has 1 amide bonds. The molecule has 6 heteroatoms. The summed E-state index contributed by atoms with van der Waals surface area (Å²) in [6.45, 7) is 1.43. The molecule has 0 radical (unpaired) electrons. The van der Waals surface area contributed by atoms with Crippen LogP contribution in [0.4, 0.5) is 13.2 Å². The third kappa shape index (κ3) is 6.32. The molecule has 0 saturated heterocycles. The monoisotopic (exact) mass is 305 g/mol. The van der Waals surface area contributed by atoms with Crippen LogP contribution in [0.25, 0.3) is 0 Å². The van der Waals surface area contributed by atoms with Crippen molar-refractivity contribution in [1.82, 2.24) is 4.90 Å². The van der Waals surface area contributed by atoms with Gasteiger partial charge >= 0.3 is 6.18 Å². The fourth-order valence-corrected chi connectivity index (χ4v) is 2.54. The lowest BCUT2D eigenvalue weighted by atomic mass is 10.2. The normalized spacial score (nSPS) is 13.1. The molecule has 2 nitrogen and oxygen atoms in total. The summed E-state index contributed by atoms with van der Waals surface area (Å²) in [6.07, 6.45) is -5.19. The molecule has 0 aliphatic carbocycles. The predicted molar refractivity (Wildman–Crippen MR) is 75.5 cm³/mol. The summed E-state index contributed by atoms with van der Waals surface area (Å²) < 4.78 is 36.3. The van der Waals surface area contributed by atoms with Crippen molar-refractivity contribution in [2.75, 3.05) is 13.6 Å². The van der Waals surface area contributed by atoms with Gasteiger partial charge in [-0.1, -0.05) is 30.3 Å². The Labute approximate surface area is 121 Å². The van der Waals surface area contributed by atoms with E-state index in [0.29, 0.717) is 5.75 Å². The predicted octanol–water partition coefficient (Wildman–Crippen LogP) is 3.72. The maximum absolute atomic E-state index is 12.1. The van der Waals surface area contributed by atoms with Gasteiger partial charge in [-0.2, -0.15) is 13.2 Å². The molecule has 0 fully saturated rings. The number of hydrogen-bond acceptors (Lipinski definition) is 2. The van der Waals surface area contributed by atoms with Gasteiger partial charge in [0.05, 0.1) is 11.7 Å². The Morgan fingerprint density at radius 3 is 2.45 bits per heavy atom. The second-order valence-electron chi connectivity index (χ2n) is 4.56. The molecule has 20 heavy (non-hydrogen) atoms. The van der Waals surface area contributed by atoms with Gasteiger partial charge in [0.2, 0.25) is 5.91 Å². The zero-order valence-corrected chi connectivity index (χ0v) is 12.3. The highest BCUT2D eigenvalue weighted by molar-refractivity contribution is 7.99. The van der Waals surface area contributed by atoms with Crippen molar-refractivity contribution in [2.24, 2.45) is 0 Å². The Bertz CT molecular complexity index is 422. The van der Waals surface area contributed by atoms with Crippen molar-refractivity contribution in [1.29, 1.82) is 0 Å². The molecule has 0 spiro atoms. The topological polar surface area (TPSA) is 20.3 Å². The lowest BCUT2D eigenvalue weighted by molar-refractivity contribution is -0.143. The van der Waals surface area contributed by atoms with Crippen LogP contribution in [-0.4, -0.2) is 35.8 Å². The fraction of sp³-hybridized carbons (Fsp3) is 0.500. The molecule has 0 bridgehead atoms. The minimum atomic E-state index is -4.23. The van der Waals surface area contributed by atoms with E-state index in [1.807, 2.05) is 30.3 Å². The van der Waals surface area contributed by atoms with Crippen molar-refractivity contribution in [3.8, 4) is 0 Å². The second kappa shape index (κ2) is 7.57. The van der Waals surface area contributed by atoms with Crippen LogP contribution in [0.5, 0.6) is 0 Å². The summed E-state index contributed by atoms with van der Waals surface area (Å²) in [5.41, 5.74) is 1.09. The third-order valence-electron chi connectivity index (χ3n) is 2.80. The van der Waals surface area contributed by atoms with Crippen LogP contribution >= 0.6 is 11.8 Å². The van der Waals surface area contributed by atoms with Crippen LogP contribution in [0.15, 0.2) is 30.3 Å². The van der Waals surface area contributed by atoms with Crippen molar-refractivity contribution < 1.29 is 18.0 Å². The molecule has 1 aromatic carbocycles. The van der Waals surface area contributed by atoms with Gasteiger partial charge in [-0.3, -0.25) is 4.79 Å². The zero-order valence-electron chi connectivity index (χ0n) is 11.5. The van der Waals surface area contributed by atoms with E-state index in [1.54, 1.807) is 6.92 Å². The Hall–Kier alpha value is -1.17. The second-order valence-corrected chi connectivity index (χ2v) is 5.89. The zero-order chi connectivity index (χ0) is 15.2. The van der Waals surface area contributed by atoms with E-state index in [2.05, 4.69) is 0 Å². The average Bonchev–Trinajstić information content (AvgIpc) is 2.41. The fourth-order valence-electron chi connectivity index (χ4n) is 1.58. The minimum Gasteiger partial charge on any atom is -0.344 e. The highest BCUT2D eigenvalue weighted by atomic mass is 32.2. The largest absolute Gasteiger partial charge is 0.390 e. The molecule has 0 heterocycles. The van der Waals surface area contributed by atoms with E-state index in [4.69, 9.17) is 0 Å². The van der Waals surface area contributed by atoms with Gasteiger partial charge < -0.3 is 4.90 Å². The number of amides is 1. The number of halogens is 3. The van der Waals surface area contributed by atoms with E-state index in [1.165, 1.54) is 18.8 Å². The van der Waals surface area contributed by atoms with Crippen LogP contribution in [0.3, 0.4) is 0 Å². The van der Waals surface area contributed by atoms with Crippen LogP contribution in [0, 0.1) is 0 Å². The summed E-state index contributed by atoms with van der Waals surface area (Å²) in [5, 5.41) is -0.353. The van der Waals surface area contributed by atoms with Gasteiger partial charge in [-0.05, 0) is 12.5 Å². The van der Waals surface area contributed by atoms with E-state index < -0.39 is 12.6 Å². The van der Waals surface area contributed by atoms with Gasteiger partial charge in [0, 0.05) is 19.3 Å². The highest BCUT2D eigenvalue weighted by Gasteiger charge is 2.28. The van der Waals surface area contributed by atoms with Gasteiger partial charge in [0.1, 0.15) is 0 Å². The lowest BCUT2D eigenvalue weighted by Crippen LogP contribution is -2.35. The molecule has 0 aromatic heterocycles. The molecule has 0 saturated carbocycles. The maximum Gasteiger partial charge on any atom is 0.390 e. The molecule has 1 aromatic rings. The maximum atomic E-state index is 12.1. The average molecular weight is 305 g/mol. The number of alkyl halides is 3. The Kier molecular flexibility index (Phi) is 6.39. The van der Waals surface area contributed by atoms with E-state index in [9.17, 15) is 18.0 Å². The molecule has 0 aliphatic heterocycles. The first-order valence-corrected chi connectivity index (χ1v) is 7.32.